The van der Waals surface area contributed by atoms with Crippen molar-refractivity contribution in [3.05, 3.63) is 60.2 Å². The molecule has 0 bridgehead atoms. The van der Waals surface area contributed by atoms with E-state index in [0.29, 0.717) is 0 Å². The minimum Gasteiger partial charge on any atom is -0.0610 e. The van der Waals surface area contributed by atoms with E-state index in [-0.39, 0.29) is 0 Å². The third-order valence-electron chi connectivity index (χ3n) is 2.09. The van der Waals surface area contributed by atoms with Crippen LogP contribution in [0.2, 0.25) is 0 Å². The lowest BCUT2D eigenvalue weighted by Crippen LogP contribution is -1.76. The van der Waals surface area contributed by atoms with Crippen molar-refractivity contribution in [3.63, 3.8) is 0 Å². The number of aryl methyl sites for hydroxylation is 1. The van der Waals surface area contributed by atoms with E-state index in [1.165, 1.54) is 16.7 Å². The van der Waals surface area contributed by atoms with Crippen LogP contribution in [0.1, 0.15) is 5.56 Å². The van der Waals surface area contributed by atoms with Gasteiger partial charge in [-0.1, -0.05) is 48.0 Å². The Hall–Kier alpha value is -1.56. The van der Waals surface area contributed by atoms with E-state index < -0.39 is 0 Å². The molecule has 0 amide bonds. The van der Waals surface area contributed by atoms with Crippen LogP contribution < -0.4 is 0 Å². The molecule has 0 saturated carbocycles. The maximum Gasteiger partial charge on any atom is -0.0178 e. The highest BCUT2D eigenvalue weighted by molar-refractivity contribution is 5.63. The second kappa shape index (κ2) is 3.44. The highest BCUT2D eigenvalue weighted by atomic mass is 14.0. The van der Waals surface area contributed by atoms with E-state index in [1.807, 2.05) is 18.2 Å². The van der Waals surface area contributed by atoms with Crippen LogP contribution in [0.15, 0.2) is 48.5 Å². The molecule has 2 rings (SSSR count). The van der Waals surface area contributed by atoms with Crippen LogP contribution in [-0.2, 0) is 0 Å². The van der Waals surface area contributed by atoms with Crippen LogP contribution in [-0.4, -0.2) is 0 Å². The lowest BCUT2D eigenvalue weighted by molar-refractivity contribution is 1.47. The minimum absolute atomic E-state index is 1.22. The van der Waals surface area contributed by atoms with E-state index in [9.17, 15) is 0 Å². The van der Waals surface area contributed by atoms with Gasteiger partial charge in [0.05, 0.1) is 0 Å². The molecule has 0 fully saturated rings. The van der Waals surface area contributed by atoms with Gasteiger partial charge in [-0.15, -0.1) is 0 Å². The number of hydrogen-bond donors (Lipinski definition) is 0. The largest absolute Gasteiger partial charge is 0.0610 e. The summed E-state index contributed by atoms with van der Waals surface area (Å²) in [5, 5.41) is 0. The fraction of sp³-hybridized carbons (Fsp3) is 0.0769. The van der Waals surface area contributed by atoms with Crippen molar-refractivity contribution in [3.8, 4) is 11.1 Å². The maximum absolute atomic E-state index is 3.07. The predicted octanol–water partition coefficient (Wildman–Crippen LogP) is 3.46. The Balaban J connectivity index is 2.42. The summed E-state index contributed by atoms with van der Waals surface area (Å²) in [5.41, 5.74) is 3.77. The number of rotatable bonds is 1. The number of hydrogen-bond acceptors (Lipinski definition) is 0. The molecule has 0 unspecified atom stereocenters. The molecule has 0 heteroatoms. The summed E-state index contributed by atoms with van der Waals surface area (Å²) in [4.78, 5) is 0. The lowest BCUT2D eigenvalue weighted by atomic mass is 10.0. The van der Waals surface area contributed by atoms with Crippen molar-refractivity contribution in [1.82, 2.24) is 0 Å². The van der Waals surface area contributed by atoms with E-state index in [4.69, 9.17) is 0 Å². The zero-order chi connectivity index (χ0) is 9.10. The molecule has 0 saturated heterocycles. The molecule has 0 aliphatic heterocycles. The van der Waals surface area contributed by atoms with Crippen molar-refractivity contribution >= 4 is 0 Å². The molecule has 2 aromatic rings. The fourth-order valence-electron chi connectivity index (χ4n) is 1.32. The van der Waals surface area contributed by atoms with Crippen molar-refractivity contribution in [2.75, 3.05) is 0 Å². The Bertz CT molecular complexity index is 371. The van der Waals surface area contributed by atoms with E-state index in [0.717, 1.165) is 0 Å². The van der Waals surface area contributed by atoms with Gasteiger partial charge >= 0.3 is 0 Å². The third kappa shape index (κ3) is 1.78. The van der Waals surface area contributed by atoms with Gasteiger partial charge in [0, 0.05) is 0 Å². The second-order valence-corrected chi connectivity index (χ2v) is 3.16. The Morgan fingerprint density at radius 1 is 0.923 bits per heavy atom. The van der Waals surface area contributed by atoms with Gasteiger partial charge < -0.3 is 0 Å². The van der Waals surface area contributed by atoms with Crippen LogP contribution >= 0.6 is 0 Å². The van der Waals surface area contributed by atoms with Crippen LogP contribution in [0.5, 0.6) is 0 Å². The van der Waals surface area contributed by atoms with Gasteiger partial charge in [0.2, 0.25) is 0 Å². The third-order valence-corrected chi connectivity index (χ3v) is 2.09. The first-order chi connectivity index (χ1) is 6.36. The van der Waals surface area contributed by atoms with Crippen LogP contribution in [0.3, 0.4) is 0 Å². The molecular weight excluding hydrogens is 156 g/mol. The standard InChI is InChI=1S/C13H11/c1-11-7-9-13(10-8-11)12-5-3-2-4-6-12/h2-3,5-10H,1H3. The van der Waals surface area contributed by atoms with E-state index in [2.05, 4.69) is 43.3 Å². The van der Waals surface area contributed by atoms with Gasteiger partial charge in [-0.25, -0.2) is 0 Å². The predicted molar refractivity (Wildman–Crippen MR) is 55.5 cm³/mol. The normalized spacial score (nSPS) is 9.92. The van der Waals surface area contributed by atoms with Gasteiger partial charge in [0.1, 0.15) is 0 Å². The van der Waals surface area contributed by atoms with Crippen molar-refractivity contribution in [2.24, 2.45) is 0 Å². The second-order valence-electron chi connectivity index (χ2n) is 3.16. The molecule has 1 radical (unpaired) electrons. The monoisotopic (exact) mass is 167 g/mol. The summed E-state index contributed by atoms with van der Waals surface area (Å²) in [5.74, 6) is 0. The molecule has 13 heavy (non-hydrogen) atoms. The quantitative estimate of drug-likeness (QED) is 0.610. The molecule has 0 atom stereocenters. The summed E-state index contributed by atoms with van der Waals surface area (Å²) < 4.78 is 0. The van der Waals surface area contributed by atoms with Crippen LogP contribution in [0.4, 0.5) is 0 Å². The molecule has 0 heterocycles. The highest BCUT2D eigenvalue weighted by Crippen LogP contribution is 2.18. The Morgan fingerprint density at radius 2 is 1.69 bits per heavy atom. The van der Waals surface area contributed by atoms with Crippen molar-refractivity contribution in [1.29, 1.82) is 0 Å². The average Bonchev–Trinajstić information content (AvgIpc) is 2.20. The summed E-state index contributed by atoms with van der Waals surface area (Å²) in [6.07, 6.45) is 0. The first kappa shape index (κ1) is 8.06. The molecule has 63 valence electrons. The fourth-order valence-corrected chi connectivity index (χ4v) is 1.32. The topological polar surface area (TPSA) is 0 Å². The van der Waals surface area contributed by atoms with Crippen LogP contribution in [0, 0.1) is 13.0 Å². The summed E-state index contributed by atoms with van der Waals surface area (Å²) in [6, 6.07) is 19.6. The Labute approximate surface area is 78.9 Å². The average molecular weight is 167 g/mol. The minimum atomic E-state index is 1.22. The molecule has 0 aromatic heterocycles. The first-order valence-electron chi connectivity index (χ1n) is 4.39. The summed E-state index contributed by atoms with van der Waals surface area (Å²) in [6.45, 7) is 2.10. The SMILES string of the molecule is Cc1ccc(-c2c[c]ccc2)cc1. The maximum atomic E-state index is 3.07. The zero-order valence-electron chi connectivity index (χ0n) is 7.62. The highest BCUT2D eigenvalue weighted by Gasteiger charge is 1.94. The summed E-state index contributed by atoms with van der Waals surface area (Å²) >= 11 is 0. The molecule has 0 spiro atoms. The van der Waals surface area contributed by atoms with Crippen molar-refractivity contribution in [2.45, 2.75) is 6.92 Å². The lowest BCUT2D eigenvalue weighted by Gasteiger charge is -2.00. The van der Waals surface area contributed by atoms with Crippen molar-refractivity contribution < 1.29 is 0 Å². The van der Waals surface area contributed by atoms with Gasteiger partial charge in [0.15, 0.2) is 0 Å². The van der Waals surface area contributed by atoms with E-state index >= 15 is 0 Å². The van der Waals surface area contributed by atoms with Crippen LogP contribution in [0.25, 0.3) is 11.1 Å². The smallest absolute Gasteiger partial charge is 0.0178 e. The molecule has 0 aliphatic rings. The molecule has 0 aliphatic carbocycles. The van der Waals surface area contributed by atoms with Gasteiger partial charge in [-0.3, -0.25) is 0 Å². The number of benzene rings is 2. The zero-order valence-corrected chi connectivity index (χ0v) is 7.62. The van der Waals surface area contributed by atoms with Gasteiger partial charge in [0.25, 0.3) is 0 Å². The summed E-state index contributed by atoms with van der Waals surface area (Å²) in [7, 11) is 0. The van der Waals surface area contributed by atoms with Gasteiger partial charge in [-0.05, 0) is 30.2 Å². The molecular formula is C13H11. The Morgan fingerprint density at radius 3 is 2.31 bits per heavy atom. The van der Waals surface area contributed by atoms with Gasteiger partial charge in [-0.2, -0.15) is 0 Å². The first-order valence-corrected chi connectivity index (χ1v) is 4.39. The van der Waals surface area contributed by atoms with E-state index in [1.54, 1.807) is 0 Å². The molecule has 0 nitrogen and oxygen atoms in total. The Kier molecular flexibility index (Phi) is 2.13. The molecule has 0 N–H and O–H groups in total. The molecule has 2 aromatic carbocycles.